The Morgan fingerprint density at radius 1 is 1.40 bits per heavy atom. The molecular weight excluding hydrogens is 344 g/mol. The highest BCUT2D eigenvalue weighted by Gasteiger charge is 2.49. The lowest BCUT2D eigenvalue weighted by Gasteiger charge is -2.49. The van der Waals surface area contributed by atoms with Crippen LogP contribution in [-0.2, 0) is 4.74 Å². The maximum Gasteiger partial charge on any atom is 0.321 e. The zero-order valence-corrected chi connectivity index (χ0v) is 15.3. The van der Waals surface area contributed by atoms with E-state index < -0.39 is 17.3 Å². The molecule has 2 heterocycles. The topological polar surface area (TPSA) is 82.0 Å². The molecule has 2 fully saturated rings. The molecule has 0 saturated carbocycles. The number of likely N-dealkylation sites (tertiary alicyclic amines) is 1. The Bertz CT molecular complexity index is 656. The quantitative estimate of drug-likeness (QED) is 0.711. The van der Waals surface area contributed by atoms with Gasteiger partial charge in [0.1, 0.15) is 6.10 Å². The number of ether oxygens (including phenoxy) is 1. The van der Waals surface area contributed by atoms with Crippen molar-refractivity contribution in [3.05, 3.63) is 28.8 Å². The molecule has 1 aromatic carbocycles. The number of nitrogens with one attached hydrogen (secondary N) is 1. The average Bonchev–Trinajstić information content (AvgIpc) is 2.55. The van der Waals surface area contributed by atoms with Crippen LogP contribution in [0.2, 0.25) is 5.02 Å². The molecule has 138 valence electrons. The number of carbonyl (C=O) groups excluding carboxylic acids is 1. The summed E-state index contributed by atoms with van der Waals surface area (Å²) in [7, 11) is 0. The number of piperidine rings is 1. The van der Waals surface area contributed by atoms with Crippen molar-refractivity contribution in [2.45, 2.75) is 50.4 Å². The van der Waals surface area contributed by atoms with E-state index >= 15 is 0 Å². The van der Waals surface area contributed by atoms with Crippen molar-refractivity contribution >= 4 is 23.3 Å². The van der Waals surface area contributed by atoms with Crippen LogP contribution in [-0.4, -0.2) is 58.1 Å². The van der Waals surface area contributed by atoms with Gasteiger partial charge in [0, 0.05) is 30.2 Å². The zero-order chi connectivity index (χ0) is 18.2. The van der Waals surface area contributed by atoms with Gasteiger partial charge in [0.2, 0.25) is 0 Å². The lowest BCUT2D eigenvalue weighted by atomic mass is 9.77. The van der Waals surface area contributed by atoms with Crippen LogP contribution < -0.4 is 5.32 Å². The number of benzene rings is 1. The molecule has 3 rings (SSSR count). The van der Waals surface area contributed by atoms with Crippen LogP contribution in [0.25, 0.3) is 0 Å². The lowest BCUT2D eigenvalue weighted by Crippen LogP contribution is -2.59. The summed E-state index contributed by atoms with van der Waals surface area (Å²) in [6.07, 6.45) is 0.782. The normalized spacial score (nSPS) is 28.8. The summed E-state index contributed by atoms with van der Waals surface area (Å²) in [4.78, 5) is 14.3. The summed E-state index contributed by atoms with van der Waals surface area (Å²) in [5.74, 6) is 0. The van der Waals surface area contributed by atoms with Gasteiger partial charge in [-0.25, -0.2) is 4.79 Å². The number of halogens is 1. The second-order valence-corrected chi connectivity index (χ2v) is 7.86. The van der Waals surface area contributed by atoms with Crippen molar-refractivity contribution in [3.8, 4) is 0 Å². The number of rotatable bonds is 1. The Morgan fingerprint density at radius 2 is 2.08 bits per heavy atom. The third-order valence-corrected chi connectivity index (χ3v) is 5.58. The predicted molar refractivity (Wildman–Crippen MR) is 95.9 cm³/mol. The molecule has 3 N–H and O–H groups in total. The number of amides is 2. The molecule has 25 heavy (non-hydrogen) atoms. The van der Waals surface area contributed by atoms with Crippen molar-refractivity contribution in [3.63, 3.8) is 0 Å². The van der Waals surface area contributed by atoms with E-state index in [9.17, 15) is 15.0 Å². The molecule has 2 aliphatic heterocycles. The maximum absolute atomic E-state index is 12.5. The van der Waals surface area contributed by atoms with Crippen LogP contribution in [0.1, 0.15) is 31.7 Å². The van der Waals surface area contributed by atoms with Gasteiger partial charge in [-0.2, -0.15) is 0 Å². The third-order valence-electron chi connectivity index (χ3n) is 5.35. The van der Waals surface area contributed by atoms with Crippen molar-refractivity contribution in [2.75, 3.05) is 25.0 Å². The molecule has 2 atom stereocenters. The average molecular weight is 369 g/mol. The van der Waals surface area contributed by atoms with Crippen molar-refractivity contribution in [1.82, 2.24) is 4.90 Å². The zero-order valence-electron chi connectivity index (χ0n) is 14.6. The highest BCUT2D eigenvalue weighted by atomic mass is 35.5. The predicted octanol–water partition coefficient (Wildman–Crippen LogP) is 2.55. The standard InChI is InChI=1S/C18H25ClN2O4/c1-12-3-4-13(19)9-14(12)20-16(23)21-7-5-18(6-8-21)11-17(2,24)15(22)10-25-18/h3-4,9,15,22,24H,5-8,10-11H2,1-2H3,(H,20,23)/t15-,17-/m0/s1. The number of hydrogen-bond acceptors (Lipinski definition) is 4. The first-order chi connectivity index (χ1) is 11.7. The fourth-order valence-corrected chi connectivity index (χ4v) is 3.79. The van der Waals surface area contributed by atoms with E-state index in [1.807, 2.05) is 13.0 Å². The first-order valence-corrected chi connectivity index (χ1v) is 8.95. The fourth-order valence-electron chi connectivity index (χ4n) is 3.62. The van der Waals surface area contributed by atoms with Crippen molar-refractivity contribution < 1.29 is 19.7 Å². The smallest absolute Gasteiger partial charge is 0.321 e. The molecule has 0 aromatic heterocycles. The summed E-state index contributed by atoms with van der Waals surface area (Å²) < 4.78 is 5.85. The van der Waals surface area contributed by atoms with Gasteiger partial charge in [-0.1, -0.05) is 17.7 Å². The second-order valence-electron chi connectivity index (χ2n) is 7.42. The Morgan fingerprint density at radius 3 is 2.72 bits per heavy atom. The highest BCUT2D eigenvalue weighted by molar-refractivity contribution is 6.31. The number of carbonyl (C=O) groups is 1. The van der Waals surface area contributed by atoms with Crippen LogP contribution in [0.3, 0.4) is 0 Å². The van der Waals surface area contributed by atoms with E-state index in [1.54, 1.807) is 24.0 Å². The molecule has 2 aliphatic rings. The number of anilines is 1. The van der Waals surface area contributed by atoms with Crippen LogP contribution >= 0.6 is 11.6 Å². The van der Waals surface area contributed by atoms with Gasteiger partial charge in [0.25, 0.3) is 0 Å². The summed E-state index contributed by atoms with van der Waals surface area (Å²) in [6, 6.07) is 5.23. The van der Waals surface area contributed by atoms with E-state index in [-0.39, 0.29) is 12.6 Å². The lowest BCUT2D eigenvalue weighted by molar-refractivity contribution is -0.221. The summed E-state index contributed by atoms with van der Waals surface area (Å²) in [6.45, 7) is 4.76. The largest absolute Gasteiger partial charge is 0.388 e. The van der Waals surface area contributed by atoms with Crippen LogP contribution in [0, 0.1) is 6.92 Å². The second kappa shape index (κ2) is 6.76. The molecule has 0 bridgehead atoms. The first kappa shape index (κ1) is 18.5. The van der Waals surface area contributed by atoms with Gasteiger partial charge < -0.3 is 25.2 Å². The Balaban J connectivity index is 1.60. The summed E-state index contributed by atoms with van der Waals surface area (Å²) in [5, 5.41) is 23.7. The van der Waals surface area contributed by atoms with E-state index in [2.05, 4.69) is 5.32 Å². The fraction of sp³-hybridized carbons (Fsp3) is 0.611. The molecular formula is C18H25ClN2O4. The number of nitrogens with zero attached hydrogens (tertiary/aromatic N) is 1. The number of aryl methyl sites for hydroxylation is 1. The highest BCUT2D eigenvalue weighted by Crippen LogP contribution is 2.39. The number of aliphatic hydroxyl groups is 2. The molecule has 0 radical (unpaired) electrons. The minimum absolute atomic E-state index is 0.126. The third kappa shape index (κ3) is 3.92. The molecule has 2 amide bonds. The molecule has 7 heteroatoms. The van der Waals surface area contributed by atoms with Crippen LogP contribution in [0.4, 0.5) is 10.5 Å². The van der Waals surface area contributed by atoms with Gasteiger partial charge in [-0.15, -0.1) is 0 Å². The molecule has 6 nitrogen and oxygen atoms in total. The van der Waals surface area contributed by atoms with Crippen LogP contribution in [0.5, 0.6) is 0 Å². The minimum Gasteiger partial charge on any atom is -0.388 e. The minimum atomic E-state index is -1.15. The van der Waals surface area contributed by atoms with Gasteiger partial charge in [-0.05, 0) is 44.4 Å². The Kier molecular flexibility index (Phi) is 4.99. The molecule has 1 spiro atoms. The van der Waals surface area contributed by atoms with Crippen LogP contribution in [0.15, 0.2) is 18.2 Å². The first-order valence-electron chi connectivity index (χ1n) is 8.57. The molecule has 1 aromatic rings. The molecule has 0 aliphatic carbocycles. The Hall–Kier alpha value is -1.34. The summed E-state index contributed by atoms with van der Waals surface area (Å²) in [5.41, 5.74) is 0.0381. The number of hydrogen-bond donors (Lipinski definition) is 3. The number of urea groups is 1. The molecule has 0 unspecified atom stereocenters. The van der Waals surface area contributed by atoms with Gasteiger partial charge >= 0.3 is 6.03 Å². The van der Waals surface area contributed by atoms with E-state index in [1.165, 1.54) is 0 Å². The van der Waals surface area contributed by atoms with Crippen molar-refractivity contribution in [2.24, 2.45) is 0 Å². The van der Waals surface area contributed by atoms with E-state index in [0.717, 1.165) is 5.56 Å². The SMILES string of the molecule is Cc1ccc(Cl)cc1NC(=O)N1CCC2(CC1)C[C@](C)(O)[C@@H](O)CO2. The van der Waals surface area contributed by atoms with Crippen molar-refractivity contribution in [1.29, 1.82) is 0 Å². The maximum atomic E-state index is 12.5. The van der Waals surface area contributed by atoms with Gasteiger partial charge in [-0.3, -0.25) is 0 Å². The monoisotopic (exact) mass is 368 g/mol. The van der Waals surface area contributed by atoms with E-state index in [4.69, 9.17) is 16.3 Å². The number of aliphatic hydroxyl groups excluding tert-OH is 1. The Labute approximate surface area is 152 Å². The van der Waals surface area contributed by atoms with E-state index in [0.29, 0.717) is 43.1 Å². The van der Waals surface area contributed by atoms with Gasteiger partial charge in [0.05, 0.1) is 17.8 Å². The summed E-state index contributed by atoms with van der Waals surface area (Å²) >= 11 is 6.00. The van der Waals surface area contributed by atoms with Gasteiger partial charge in [0.15, 0.2) is 0 Å². The molecule has 2 saturated heterocycles.